The second kappa shape index (κ2) is 7.35. The van der Waals surface area contributed by atoms with Crippen molar-refractivity contribution in [1.82, 2.24) is 4.90 Å². The zero-order valence-corrected chi connectivity index (χ0v) is 16.8. The summed E-state index contributed by atoms with van der Waals surface area (Å²) in [4.78, 5) is 13.7. The number of amides is 1. The van der Waals surface area contributed by atoms with Crippen molar-refractivity contribution in [3.63, 3.8) is 0 Å². The molecule has 146 valence electrons. The van der Waals surface area contributed by atoms with Gasteiger partial charge in [0.05, 0.1) is 20.3 Å². The van der Waals surface area contributed by atoms with E-state index in [0.717, 1.165) is 5.56 Å². The molecule has 1 aliphatic rings. The van der Waals surface area contributed by atoms with E-state index < -0.39 is 11.5 Å². The fraction of sp³-hybridized carbons (Fsp3) is 0.650. The third-order valence-electron chi connectivity index (χ3n) is 5.12. The van der Waals surface area contributed by atoms with Gasteiger partial charge in [-0.05, 0) is 45.4 Å². The number of carbonyl (C=O) groups excluding carboxylic acids is 1. The highest BCUT2D eigenvalue weighted by atomic mass is 16.5. The molecular weight excluding hydrogens is 334 g/mol. The maximum absolute atomic E-state index is 12.0. The average Bonchev–Trinajstić information content (AvgIpc) is 2.92. The highest BCUT2D eigenvalue weighted by Crippen LogP contribution is 2.47. The van der Waals surface area contributed by atoms with E-state index in [0.29, 0.717) is 24.6 Å². The number of nitrogens with zero attached hydrogens (tertiary/aromatic N) is 1. The van der Waals surface area contributed by atoms with E-state index in [2.05, 4.69) is 0 Å². The molecule has 1 aromatic carbocycles. The number of hydrogen-bond donors (Lipinski definition) is 1. The van der Waals surface area contributed by atoms with Crippen molar-refractivity contribution in [2.75, 3.05) is 27.3 Å². The Labute approximate surface area is 156 Å². The molecule has 6 nitrogen and oxygen atoms in total. The predicted molar refractivity (Wildman–Crippen MR) is 99.9 cm³/mol. The first-order chi connectivity index (χ1) is 12.0. The van der Waals surface area contributed by atoms with E-state index in [9.17, 15) is 9.90 Å². The molecule has 0 saturated carbocycles. The topological polar surface area (TPSA) is 68.2 Å². The van der Waals surface area contributed by atoms with Gasteiger partial charge in [0.15, 0.2) is 11.5 Å². The lowest BCUT2D eigenvalue weighted by molar-refractivity contribution is 0.0469. The second-order valence-electron chi connectivity index (χ2n) is 8.21. The molecule has 0 spiro atoms. The van der Waals surface area contributed by atoms with Crippen molar-refractivity contribution in [2.24, 2.45) is 5.41 Å². The van der Waals surface area contributed by atoms with Crippen LogP contribution in [0.3, 0.4) is 0 Å². The first-order valence-electron chi connectivity index (χ1n) is 8.89. The van der Waals surface area contributed by atoms with Crippen LogP contribution in [-0.4, -0.2) is 55.1 Å². The van der Waals surface area contributed by atoms with Gasteiger partial charge in [-0.25, -0.2) is 4.79 Å². The van der Waals surface area contributed by atoms with E-state index in [1.54, 1.807) is 18.9 Å². The summed E-state index contributed by atoms with van der Waals surface area (Å²) in [7, 11) is 2.98. The van der Waals surface area contributed by atoms with E-state index in [1.165, 1.54) is 7.11 Å². The number of aliphatic hydroxyl groups is 1. The largest absolute Gasteiger partial charge is 0.493 e. The molecule has 1 heterocycles. The SMILES string of the molecule is COC(=O)N1C[C@@H](c2ccc(OC)c(OC(C)(C)C)c2)[C@](C)(C(C)O)C1. The summed E-state index contributed by atoms with van der Waals surface area (Å²) in [5.41, 5.74) is 0.148. The van der Waals surface area contributed by atoms with Gasteiger partial charge in [-0.2, -0.15) is 0 Å². The molecule has 6 heteroatoms. The van der Waals surface area contributed by atoms with E-state index in [-0.39, 0.29) is 17.6 Å². The Hall–Kier alpha value is -1.95. The number of methoxy groups -OCH3 is 2. The summed E-state index contributed by atoms with van der Waals surface area (Å²) in [6.07, 6.45) is -0.963. The molecule has 1 saturated heterocycles. The van der Waals surface area contributed by atoms with Crippen molar-refractivity contribution in [1.29, 1.82) is 0 Å². The quantitative estimate of drug-likeness (QED) is 0.885. The molecule has 2 rings (SSSR count). The minimum Gasteiger partial charge on any atom is -0.493 e. The van der Waals surface area contributed by atoms with Crippen LogP contribution in [0.2, 0.25) is 0 Å². The Bertz CT molecular complexity index is 652. The average molecular weight is 365 g/mol. The van der Waals surface area contributed by atoms with Crippen LogP contribution >= 0.6 is 0 Å². The molecule has 1 unspecified atom stereocenters. The maximum atomic E-state index is 12.0. The zero-order chi connectivity index (χ0) is 19.7. The fourth-order valence-electron chi connectivity index (χ4n) is 3.51. The third-order valence-corrected chi connectivity index (χ3v) is 5.12. The Balaban J connectivity index is 2.44. The van der Waals surface area contributed by atoms with Gasteiger partial charge in [0.2, 0.25) is 0 Å². The van der Waals surface area contributed by atoms with Gasteiger partial charge in [0.25, 0.3) is 0 Å². The van der Waals surface area contributed by atoms with Crippen molar-refractivity contribution in [2.45, 2.75) is 52.2 Å². The van der Waals surface area contributed by atoms with Crippen LogP contribution < -0.4 is 9.47 Å². The van der Waals surface area contributed by atoms with E-state index >= 15 is 0 Å². The smallest absolute Gasteiger partial charge is 0.409 e. The van der Waals surface area contributed by atoms with E-state index in [4.69, 9.17) is 14.2 Å². The summed E-state index contributed by atoms with van der Waals surface area (Å²) in [6.45, 7) is 10.6. The van der Waals surface area contributed by atoms with Gasteiger partial charge in [0.1, 0.15) is 5.60 Å². The van der Waals surface area contributed by atoms with Crippen molar-refractivity contribution < 1.29 is 24.1 Å². The number of rotatable bonds is 4. The van der Waals surface area contributed by atoms with Gasteiger partial charge < -0.3 is 24.2 Å². The molecule has 1 aromatic rings. The summed E-state index contributed by atoms with van der Waals surface area (Å²) >= 11 is 0. The lowest BCUT2D eigenvalue weighted by Crippen LogP contribution is -2.38. The summed E-state index contributed by atoms with van der Waals surface area (Å²) in [6, 6.07) is 5.80. The lowest BCUT2D eigenvalue weighted by Gasteiger charge is -2.34. The first-order valence-corrected chi connectivity index (χ1v) is 8.89. The Kier molecular flexibility index (Phi) is 5.76. The highest BCUT2D eigenvalue weighted by molar-refractivity contribution is 5.68. The van der Waals surface area contributed by atoms with Gasteiger partial charge in [0, 0.05) is 24.4 Å². The van der Waals surface area contributed by atoms with Gasteiger partial charge in [-0.3, -0.25) is 0 Å². The molecule has 0 aromatic heterocycles. The monoisotopic (exact) mass is 365 g/mol. The van der Waals surface area contributed by atoms with E-state index in [1.807, 2.05) is 45.9 Å². The molecule has 0 aliphatic carbocycles. The normalized spacial score (nSPS) is 24.3. The molecule has 1 N–H and O–H groups in total. The molecular formula is C20H31NO5. The molecule has 3 atom stereocenters. The minimum atomic E-state index is -0.587. The number of benzene rings is 1. The number of likely N-dealkylation sites (tertiary alicyclic amines) is 1. The van der Waals surface area contributed by atoms with Crippen LogP contribution in [0.15, 0.2) is 18.2 Å². The number of carbonyl (C=O) groups is 1. The molecule has 1 aliphatic heterocycles. The van der Waals surface area contributed by atoms with Gasteiger partial charge in [-0.1, -0.05) is 13.0 Å². The van der Waals surface area contributed by atoms with Crippen LogP contribution in [0.25, 0.3) is 0 Å². The third kappa shape index (κ3) is 4.06. The van der Waals surface area contributed by atoms with Crippen LogP contribution in [0.1, 0.15) is 46.1 Å². The van der Waals surface area contributed by atoms with Crippen molar-refractivity contribution in [3.05, 3.63) is 23.8 Å². The summed E-state index contributed by atoms with van der Waals surface area (Å²) < 4.78 is 16.4. The second-order valence-corrected chi connectivity index (χ2v) is 8.21. The summed E-state index contributed by atoms with van der Waals surface area (Å²) in [5, 5.41) is 10.4. The number of aliphatic hydroxyl groups excluding tert-OH is 1. The minimum absolute atomic E-state index is 0.0465. The Morgan fingerprint density at radius 1 is 1.31 bits per heavy atom. The number of hydrogen-bond acceptors (Lipinski definition) is 5. The lowest BCUT2D eigenvalue weighted by atomic mass is 9.72. The fourth-order valence-corrected chi connectivity index (χ4v) is 3.51. The maximum Gasteiger partial charge on any atom is 0.409 e. The molecule has 0 bridgehead atoms. The first kappa shape index (κ1) is 20.4. The molecule has 26 heavy (non-hydrogen) atoms. The van der Waals surface area contributed by atoms with Crippen LogP contribution in [0.5, 0.6) is 11.5 Å². The highest BCUT2D eigenvalue weighted by Gasteiger charge is 2.48. The number of ether oxygens (including phenoxy) is 3. The zero-order valence-electron chi connectivity index (χ0n) is 16.8. The molecule has 0 radical (unpaired) electrons. The Morgan fingerprint density at radius 2 is 1.96 bits per heavy atom. The predicted octanol–water partition coefficient (Wildman–Crippen LogP) is 3.43. The van der Waals surface area contributed by atoms with Crippen LogP contribution in [-0.2, 0) is 4.74 Å². The van der Waals surface area contributed by atoms with Crippen LogP contribution in [0, 0.1) is 5.41 Å². The molecule has 1 amide bonds. The standard InChI is InChI=1S/C20H31NO5/c1-13(22)20(5)12-21(18(23)25-7)11-15(20)14-8-9-16(24-6)17(10-14)26-19(2,3)4/h8-10,13,15,22H,11-12H2,1-7H3/t13?,15-,20-/m0/s1. The van der Waals surface area contributed by atoms with Crippen LogP contribution in [0.4, 0.5) is 4.79 Å². The molecule has 1 fully saturated rings. The van der Waals surface area contributed by atoms with Crippen molar-refractivity contribution in [3.8, 4) is 11.5 Å². The van der Waals surface area contributed by atoms with Gasteiger partial charge in [-0.15, -0.1) is 0 Å². The summed E-state index contributed by atoms with van der Waals surface area (Å²) in [5.74, 6) is 1.27. The Morgan fingerprint density at radius 3 is 2.46 bits per heavy atom. The van der Waals surface area contributed by atoms with Gasteiger partial charge >= 0.3 is 6.09 Å². The van der Waals surface area contributed by atoms with Crippen molar-refractivity contribution >= 4 is 6.09 Å².